The highest BCUT2D eigenvalue weighted by atomic mass is 16.3. The number of hydrogen-bond acceptors (Lipinski definition) is 5. The van der Waals surface area contributed by atoms with Gasteiger partial charge in [-0.05, 0) is 70.3 Å². The standard InChI is InChI=1S/C51H34N4O/c1-3-12-33(13-4-1)34-22-24-35(25-23-34)37-26-28-42-41-18-7-9-20-45(41)55(46(42)32-37)40-17-11-16-38(30-40)50-52-49(36-14-5-2-6-15-36)53-51(54-50)39-27-29-48-44(31-39)43-19-8-10-21-47(43)56-48/h1-32,42,46H. The molecule has 2 aliphatic rings. The third-order valence-electron chi connectivity index (χ3n) is 11.1. The molecule has 11 rings (SSSR count). The molecule has 2 aromatic heterocycles. The first-order chi connectivity index (χ1) is 27.7. The molecule has 0 saturated heterocycles. The maximum absolute atomic E-state index is 6.14. The van der Waals surface area contributed by atoms with Crippen LogP contribution in [-0.4, -0.2) is 21.0 Å². The van der Waals surface area contributed by atoms with Crippen LogP contribution in [0.5, 0.6) is 0 Å². The van der Waals surface area contributed by atoms with E-state index in [2.05, 4.69) is 138 Å². The maximum Gasteiger partial charge on any atom is 0.164 e. The van der Waals surface area contributed by atoms with Crippen molar-refractivity contribution in [2.45, 2.75) is 12.0 Å². The highest BCUT2D eigenvalue weighted by molar-refractivity contribution is 6.06. The Hall–Kier alpha value is -7.37. The molecule has 1 aliphatic carbocycles. The topological polar surface area (TPSA) is 55.1 Å². The molecule has 0 amide bonds. The predicted octanol–water partition coefficient (Wildman–Crippen LogP) is 12.7. The van der Waals surface area contributed by atoms with E-state index in [-0.39, 0.29) is 12.0 Å². The van der Waals surface area contributed by atoms with Crippen molar-refractivity contribution in [3.63, 3.8) is 0 Å². The average molecular weight is 719 g/mol. The number of para-hydroxylation sites is 2. The lowest BCUT2D eigenvalue weighted by Gasteiger charge is -2.30. The fraction of sp³-hybridized carbons (Fsp3) is 0.0392. The molecule has 0 radical (unpaired) electrons. The van der Waals surface area contributed by atoms with Crippen LogP contribution in [-0.2, 0) is 0 Å². The second kappa shape index (κ2) is 13.2. The van der Waals surface area contributed by atoms with Gasteiger partial charge in [-0.3, -0.25) is 0 Å². The molecule has 2 atom stereocenters. The molecule has 0 saturated carbocycles. The van der Waals surface area contributed by atoms with Gasteiger partial charge in [-0.2, -0.15) is 0 Å². The Labute approximate surface area is 324 Å². The molecular formula is C51H34N4O. The van der Waals surface area contributed by atoms with Crippen LogP contribution in [0, 0.1) is 0 Å². The number of rotatable bonds is 6. The zero-order chi connectivity index (χ0) is 37.0. The van der Waals surface area contributed by atoms with E-state index in [9.17, 15) is 0 Å². The van der Waals surface area contributed by atoms with E-state index in [1.807, 2.05) is 60.7 Å². The molecule has 3 heterocycles. The Bertz CT molecular complexity index is 2980. The van der Waals surface area contributed by atoms with Crippen molar-refractivity contribution in [1.82, 2.24) is 15.0 Å². The largest absolute Gasteiger partial charge is 0.456 e. The van der Waals surface area contributed by atoms with Crippen molar-refractivity contribution in [2.75, 3.05) is 4.90 Å². The molecule has 5 heteroatoms. The molecule has 9 aromatic rings. The summed E-state index contributed by atoms with van der Waals surface area (Å²) in [6.45, 7) is 0. The molecule has 0 fully saturated rings. The summed E-state index contributed by atoms with van der Waals surface area (Å²) in [5.74, 6) is 2.09. The van der Waals surface area contributed by atoms with Crippen molar-refractivity contribution in [1.29, 1.82) is 0 Å². The first kappa shape index (κ1) is 32.1. The normalized spacial score (nSPS) is 15.9. The zero-order valence-electron chi connectivity index (χ0n) is 30.3. The number of fused-ring (bicyclic) bond motifs is 6. The summed E-state index contributed by atoms with van der Waals surface area (Å²) in [6.07, 6.45) is 7.09. The van der Waals surface area contributed by atoms with E-state index in [1.54, 1.807) is 0 Å². The second-order valence-corrected chi connectivity index (χ2v) is 14.4. The van der Waals surface area contributed by atoms with Gasteiger partial charge in [0.05, 0.1) is 6.04 Å². The van der Waals surface area contributed by atoms with Gasteiger partial charge in [0.1, 0.15) is 11.2 Å². The van der Waals surface area contributed by atoms with E-state index >= 15 is 0 Å². The molecule has 56 heavy (non-hydrogen) atoms. The van der Waals surface area contributed by atoms with Crippen LogP contribution in [0.3, 0.4) is 0 Å². The van der Waals surface area contributed by atoms with Crippen LogP contribution in [0.15, 0.2) is 199 Å². The number of furan rings is 1. The van der Waals surface area contributed by atoms with Gasteiger partial charge in [0, 0.05) is 44.8 Å². The van der Waals surface area contributed by atoms with E-state index < -0.39 is 0 Å². The Morgan fingerprint density at radius 2 is 1.04 bits per heavy atom. The summed E-state index contributed by atoms with van der Waals surface area (Å²) >= 11 is 0. The molecule has 7 aromatic carbocycles. The Morgan fingerprint density at radius 1 is 0.446 bits per heavy atom. The fourth-order valence-corrected chi connectivity index (χ4v) is 8.34. The third kappa shape index (κ3) is 5.52. The van der Waals surface area contributed by atoms with Gasteiger partial charge in [-0.15, -0.1) is 0 Å². The number of anilines is 2. The summed E-state index contributed by atoms with van der Waals surface area (Å²) in [7, 11) is 0. The molecule has 1 aliphatic heterocycles. The van der Waals surface area contributed by atoms with Gasteiger partial charge < -0.3 is 9.32 Å². The fourth-order valence-electron chi connectivity index (χ4n) is 8.34. The maximum atomic E-state index is 6.14. The number of allylic oxidation sites excluding steroid dienone is 2. The van der Waals surface area contributed by atoms with Crippen molar-refractivity contribution >= 4 is 38.9 Å². The highest BCUT2D eigenvalue weighted by Crippen LogP contribution is 2.49. The number of hydrogen-bond donors (Lipinski definition) is 0. The summed E-state index contributed by atoms with van der Waals surface area (Å²) in [6, 6.07) is 61.4. The Morgan fingerprint density at radius 3 is 1.84 bits per heavy atom. The van der Waals surface area contributed by atoms with E-state index in [4.69, 9.17) is 19.4 Å². The summed E-state index contributed by atoms with van der Waals surface area (Å²) in [4.78, 5) is 17.8. The minimum atomic E-state index is 0.0989. The lowest BCUT2D eigenvalue weighted by Crippen LogP contribution is -2.29. The van der Waals surface area contributed by atoms with Gasteiger partial charge in [-0.25, -0.2) is 15.0 Å². The first-order valence-electron chi connectivity index (χ1n) is 19.0. The van der Waals surface area contributed by atoms with Crippen LogP contribution in [0.4, 0.5) is 11.4 Å². The number of aromatic nitrogens is 3. The van der Waals surface area contributed by atoms with Crippen LogP contribution in [0.2, 0.25) is 0 Å². The smallest absolute Gasteiger partial charge is 0.164 e. The van der Waals surface area contributed by atoms with Gasteiger partial charge in [-0.1, -0.05) is 152 Å². The van der Waals surface area contributed by atoms with Gasteiger partial charge in [0.2, 0.25) is 0 Å². The molecule has 0 N–H and O–H groups in total. The molecule has 2 unspecified atom stereocenters. The lowest BCUT2D eigenvalue weighted by molar-refractivity contribution is 0.669. The van der Waals surface area contributed by atoms with Crippen LogP contribution < -0.4 is 4.90 Å². The summed E-state index contributed by atoms with van der Waals surface area (Å²) in [5, 5.41) is 2.10. The van der Waals surface area contributed by atoms with Crippen LogP contribution in [0.25, 0.3) is 72.8 Å². The van der Waals surface area contributed by atoms with Gasteiger partial charge in [0.15, 0.2) is 17.5 Å². The van der Waals surface area contributed by atoms with E-state index in [0.29, 0.717) is 17.5 Å². The molecular weight excluding hydrogens is 685 g/mol. The van der Waals surface area contributed by atoms with Crippen LogP contribution >= 0.6 is 0 Å². The molecule has 264 valence electrons. The van der Waals surface area contributed by atoms with Crippen LogP contribution in [0.1, 0.15) is 17.0 Å². The monoisotopic (exact) mass is 718 g/mol. The van der Waals surface area contributed by atoms with Crippen molar-refractivity contribution in [2.24, 2.45) is 0 Å². The second-order valence-electron chi connectivity index (χ2n) is 14.4. The minimum Gasteiger partial charge on any atom is -0.456 e. The highest BCUT2D eigenvalue weighted by Gasteiger charge is 2.38. The van der Waals surface area contributed by atoms with Crippen molar-refractivity contribution < 1.29 is 4.42 Å². The number of nitrogens with zero attached hydrogens (tertiary/aromatic N) is 4. The minimum absolute atomic E-state index is 0.0989. The molecule has 0 bridgehead atoms. The molecule has 0 spiro atoms. The quantitative estimate of drug-likeness (QED) is 0.171. The average Bonchev–Trinajstić information content (AvgIpc) is 3.82. The SMILES string of the molecule is C1=CC2c3ccccc3N(c3cccc(-c4nc(-c5ccccc5)nc(-c5ccc6oc7ccccc7c6c5)n4)c3)C2C=C1c1ccc(-c2ccccc2)cc1. The Kier molecular flexibility index (Phi) is 7.56. The van der Waals surface area contributed by atoms with E-state index in [0.717, 1.165) is 44.3 Å². The summed E-state index contributed by atoms with van der Waals surface area (Å²) in [5.41, 5.74) is 12.9. The lowest BCUT2D eigenvalue weighted by atomic mass is 9.86. The Balaban J connectivity index is 1.00. The first-order valence-corrected chi connectivity index (χ1v) is 19.0. The van der Waals surface area contributed by atoms with Gasteiger partial charge in [0.25, 0.3) is 0 Å². The molecule has 5 nitrogen and oxygen atoms in total. The van der Waals surface area contributed by atoms with Crippen molar-refractivity contribution in [3.8, 4) is 45.3 Å². The predicted molar refractivity (Wildman–Crippen MR) is 228 cm³/mol. The number of benzene rings is 7. The zero-order valence-corrected chi connectivity index (χ0v) is 30.3. The van der Waals surface area contributed by atoms with Crippen molar-refractivity contribution in [3.05, 3.63) is 205 Å². The third-order valence-corrected chi connectivity index (χ3v) is 11.1. The summed E-state index contributed by atoms with van der Waals surface area (Å²) < 4.78 is 6.14. The van der Waals surface area contributed by atoms with E-state index in [1.165, 1.54) is 33.5 Å². The van der Waals surface area contributed by atoms with Gasteiger partial charge >= 0.3 is 0 Å².